The summed E-state index contributed by atoms with van der Waals surface area (Å²) in [7, 11) is 0. The van der Waals surface area contributed by atoms with Crippen LogP contribution in [-0.2, 0) is 16.1 Å². The Morgan fingerprint density at radius 2 is 2.25 bits per heavy atom. The molecule has 0 aromatic carbocycles. The average Bonchev–Trinajstić information content (AvgIpc) is 2.81. The highest BCUT2D eigenvalue weighted by atomic mass is 32.1. The van der Waals surface area contributed by atoms with Crippen LogP contribution in [-0.4, -0.2) is 51.6 Å². The topological polar surface area (TPSA) is 63.2 Å². The van der Waals surface area contributed by atoms with Crippen molar-refractivity contribution >= 4 is 29.3 Å². The molecule has 2 aromatic rings. The van der Waals surface area contributed by atoms with Crippen LogP contribution < -0.4 is 0 Å². The molecule has 1 aliphatic rings. The lowest BCUT2D eigenvalue weighted by molar-refractivity contribution is -0.135. The van der Waals surface area contributed by atoms with Gasteiger partial charge in [0.2, 0.25) is 5.91 Å². The van der Waals surface area contributed by atoms with E-state index in [4.69, 9.17) is 17.0 Å². The molecule has 0 saturated carbocycles. The summed E-state index contributed by atoms with van der Waals surface area (Å²) in [6.45, 7) is 3.15. The van der Waals surface area contributed by atoms with Crippen molar-refractivity contribution in [2.75, 3.05) is 26.3 Å². The van der Waals surface area contributed by atoms with Crippen molar-refractivity contribution in [2.24, 2.45) is 0 Å². The van der Waals surface area contributed by atoms with Crippen molar-refractivity contribution in [3.63, 3.8) is 0 Å². The summed E-state index contributed by atoms with van der Waals surface area (Å²) in [5.74, 6) is 0.139. The molecule has 0 bridgehead atoms. The van der Waals surface area contributed by atoms with E-state index in [2.05, 4.69) is 9.97 Å². The maximum atomic E-state index is 12.1. The van der Waals surface area contributed by atoms with Gasteiger partial charge in [0.15, 0.2) is 10.4 Å². The smallest absolute Gasteiger partial charge is 0.224 e. The molecular formula is C13H16N4O2S. The van der Waals surface area contributed by atoms with Crippen LogP contribution in [0.3, 0.4) is 0 Å². The molecule has 0 aliphatic carbocycles. The fourth-order valence-electron chi connectivity index (χ4n) is 2.37. The zero-order chi connectivity index (χ0) is 13.9. The first-order valence-electron chi connectivity index (χ1n) is 6.65. The molecule has 0 atom stereocenters. The second kappa shape index (κ2) is 5.72. The second-order valence-corrected chi connectivity index (χ2v) is 5.09. The van der Waals surface area contributed by atoms with Crippen molar-refractivity contribution in [3.05, 3.63) is 23.1 Å². The molecule has 6 nitrogen and oxygen atoms in total. The van der Waals surface area contributed by atoms with Crippen LogP contribution in [0.5, 0.6) is 0 Å². The Morgan fingerprint density at radius 3 is 3.05 bits per heavy atom. The van der Waals surface area contributed by atoms with E-state index in [9.17, 15) is 4.79 Å². The molecule has 0 unspecified atom stereocenters. The van der Waals surface area contributed by atoms with Crippen molar-refractivity contribution in [3.8, 4) is 0 Å². The zero-order valence-corrected chi connectivity index (χ0v) is 11.9. The minimum absolute atomic E-state index is 0.139. The standard InChI is InChI=1S/C13H16N4O2S/c18-11(16-6-8-19-9-7-16)3-5-17-12-10(15-13(17)20)2-1-4-14-12/h1-2,4H,3,5-9H2,(H,15,20). The van der Waals surface area contributed by atoms with Crippen molar-refractivity contribution < 1.29 is 9.53 Å². The number of hydrogen-bond acceptors (Lipinski definition) is 4. The van der Waals surface area contributed by atoms with E-state index in [0.29, 0.717) is 44.0 Å². The van der Waals surface area contributed by atoms with Crippen molar-refractivity contribution in [2.45, 2.75) is 13.0 Å². The van der Waals surface area contributed by atoms with Gasteiger partial charge in [-0.15, -0.1) is 0 Å². The van der Waals surface area contributed by atoms with Crippen molar-refractivity contribution in [1.82, 2.24) is 19.4 Å². The number of carbonyl (C=O) groups is 1. The number of amides is 1. The summed E-state index contributed by atoms with van der Waals surface area (Å²) in [5.41, 5.74) is 1.70. The lowest BCUT2D eigenvalue weighted by Gasteiger charge is -2.26. The number of hydrogen-bond donors (Lipinski definition) is 1. The number of carbonyl (C=O) groups excluding carboxylic acids is 1. The summed E-state index contributed by atoms with van der Waals surface area (Å²) in [4.78, 5) is 21.4. The Morgan fingerprint density at radius 1 is 1.45 bits per heavy atom. The fraction of sp³-hybridized carbons (Fsp3) is 0.462. The maximum Gasteiger partial charge on any atom is 0.224 e. The van der Waals surface area contributed by atoms with Crippen LogP contribution in [0.15, 0.2) is 18.3 Å². The van der Waals surface area contributed by atoms with Crippen LogP contribution >= 0.6 is 12.2 Å². The van der Waals surface area contributed by atoms with Gasteiger partial charge < -0.3 is 19.2 Å². The number of imidazole rings is 1. The van der Waals surface area contributed by atoms with E-state index >= 15 is 0 Å². The van der Waals surface area contributed by atoms with Gasteiger partial charge >= 0.3 is 0 Å². The normalized spacial score (nSPS) is 15.7. The molecule has 0 radical (unpaired) electrons. The molecule has 20 heavy (non-hydrogen) atoms. The Bertz CT molecular complexity index is 672. The van der Waals surface area contributed by atoms with Crippen LogP contribution in [0.2, 0.25) is 0 Å². The van der Waals surface area contributed by atoms with Gasteiger partial charge in [-0.3, -0.25) is 4.79 Å². The van der Waals surface area contributed by atoms with E-state index < -0.39 is 0 Å². The highest BCUT2D eigenvalue weighted by Crippen LogP contribution is 2.12. The van der Waals surface area contributed by atoms with Crippen LogP contribution in [0.4, 0.5) is 0 Å². The summed E-state index contributed by atoms with van der Waals surface area (Å²) in [5, 5.41) is 0. The molecule has 1 aliphatic heterocycles. The number of fused-ring (bicyclic) bond motifs is 1. The van der Waals surface area contributed by atoms with Gasteiger partial charge in [0.05, 0.1) is 18.7 Å². The number of pyridine rings is 1. The van der Waals surface area contributed by atoms with Gasteiger partial charge in [0, 0.05) is 32.3 Å². The Balaban J connectivity index is 1.72. The first kappa shape index (κ1) is 13.3. The number of morpholine rings is 1. The number of nitrogens with one attached hydrogen (secondary N) is 1. The SMILES string of the molecule is O=C(CCn1c(=S)[nH]c2cccnc21)N1CCOCC1. The molecule has 1 N–H and O–H groups in total. The molecule has 1 fully saturated rings. The molecule has 3 heterocycles. The third-order valence-corrected chi connectivity index (χ3v) is 3.76. The van der Waals surface area contributed by atoms with E-state index in [1.54, 1.807) is 6.20 Å². The highest BCUT2D eigenvalue weighted by molar-refractivity contribution is 7.71. The third-order valence-electron chi connectivity index (χ3n) is 3.44. The molecule has 1 saturated heterocycles. The minimum Gasteiger partial charge on any atom is -0.378 e. The summed E-state index contributed by atoms with van der Waals surface area (Å²) in [6, 6.07) is 3.79. The van der Waals surface area contributed by atoms with Gasteiger partial charge in [-0.05, 0) is 24.4 Å². The number of nitrogens with zero attached hydrogens (tertiary/aromatic N) is 3. The van der Waals surface area contributed by atoms with Gasteiger partial charge in [-0.1, -0.05) is 0 Å². The summed E-state index contributed by atoms with van der Waals surface area (Å²) in [6.07, 6.45) is 2.16. The van der Waals surface area contributed by atoms with E-state index in [1.165, 1.54) is 0 Å². The quantitative estimate of drug-likeness (QED) is 0.867. The molecule has 7 heteroatoms. The largest absolute Gasteiger partial charge is 0.378 e. The highest BCUT2D eigenvalue weighted by Gasteiger charge is 2.17. The first-order valence-corrected chi connectivity index (χ1v) is 7.05. The molecular weight excluding hydrogens is 276 g/mol. The molecule has 1 amide bonds. The number of aromatic nitrogens is 3. The minimum atomic E-state index is 0.139. The first-order chi connectivity index (χ1) is 9.75. The summed E-state index contributed by atoms with van der Waals surface area (Å²) >= 11 is 5.28. The van der Waals surface area contributed by atoms with Gasteiger partial charge in [0.1, 0.15) is 0 Å². The predicted molar refractivity (Wildman–Crippen MR) is 76.9 cm³/mol. The van der Waals surface area contributed by atoms with E-state index in [-0.39, 0.29) is 5.91 Å². The van der Waals surface area contributed by atoms with Gasteiger partial charge in [0.25, 0.3) is 0 Å². The lowest BCUT2D eigenvalue weighted by atomic mass is 10.3. The zero-order valence-electron chi connectivity index (χ0n) is 11.0. The number of aromatic amines is 1. The number of ether oxygens (including phenoxy) is 1. The lowest BCUT2D eigenvalue weighted by Crippen LogP contribution is -2.40. The fourth-order valence-corrected chi connectivity index (χ4v) is 2.66. The van der Waals surface area contributed by atoms with Crippen LogP contribution in [0.25, 0.3) is 11.2 Å². The number of rotatable bonds is 3. The molecule has 106 valence electrons. The van der Waals surface area contributed by atoms with E-state index in [0.717, 1.165) is 11.2 Å². The monoisotopic (exact) mass is 292 g/mol. The molecule has 0 spiro atoms. The molecule has 3 rings (SSSR count). The van der Waals surface area contributed by atoms with Crippen molar-refractivity contribution in [1.29, 1.82) is 0 Å². The van der Waals surface area contributed by atoms with Crippen LogP contribution in [0, 0.1) is 4.77 Å². The third kappa shape index (κ3) is 2.59. The second-order valence-electron chi connectivity index (χ2n) is 4.70. The Kier molecular flexibility index (Phi) is 3.79. The predicted octanol–water partition coefficient (Wildman–Crippen LogP) is 1.34. The van der Waals surface area contributed by atoms with E-state index in [1.807, 2.05) is 21.6 Å². The summed E-state index contributed by atoms with van der Waals surface area (Å²) < 4.78 is 7.73. The number of aryl methyl sites for hydroxylation is 1. The average molecular weight is 292 g/mol. The van der Waals surface area contributed by atoms with Gasteiger partial charge in [-0.2, -0.15) is 0 Å². The van der Waals surface area contributed by atoms with Gasteiger partial charge in [-0.25, -0.2) is 4.98 Å². The Labute approximate surface area is 121 Å². The number of H-pyrrole nitrogens is 1. The molecule has 2 aromatic heterocycles. The van der Waals surface area contributed by atoms with Crippen LogP contribution in [0.1, 0.15) is 6.42 Å². The Hall–Kier alpha value is -1.73. The maximum absolute atomic E-state index is 12.1.